The van der Waals surface area contributed by atoms with E-state index in [1.54, 1.807) is 12.1 Å². The van der Waals surface area contributed by atoms with Gasteiger partial charge in [-0.05, 0) is 37.9 Å². The van der Waals surface area contributed by atoms with Gasteiger partial charge in [-0.15, -0.1) is 24.8 Å². The molecule has 11 heteroatoms. The second-order valence-corrected chi connectivity index (χ2v) is 9.76. The van der Waals surface area contributed by atoms with Gasteiger partial charge in [0, 0.05) is 38.7 Å². The number of nitrogen functional groups attached to an aromatic ring is 1. The zero-order valence-electron chi connectivity index (χ0n) is 19.3. The molecule has 0 bridgehead atoms. The van der Waals surface area contributed by atoms with Gasteiger partial charge in [0.05, 0.1) is 15.9 Å². The summed E-state index contributed by atoms with van der Waals surface area (Å²) in [5.74, 6) is 0.870. The number of sulfonamides is 1. The fraction of sp³-hybridized carbons (Fsp3) is 0.364. The van der Waals surface area contributed by atoms with Crippen molar-refractivity contribution in [2.75, 3.05) is 33.7 Å². The minimum absolute atomic E-state index is 0. The fourth-order valence-corrected chi connectivity index (χ4v) is 4.90. The smallest absolute Gasteiger partial charge is 0.243 e. The Morgan fingerprint density at radius 1 is 1.09 bits per heavy atom. The molecular weight excluding hydrogens is 483 g/mol. The molecule has 0 spiro atoms. The summed E-state index contributed by atoms with van der Waals surface area (Å²) in [4.78, 5) is 6.93. The average Bonchev–Trinajstić information content (AvgIpc) is 3.03. The molecule has 0 amide bonds. The third kappa shape index (κ3) is 6.45. The number of imidazole rings is 1. The van der Waals surface area contributed by atoms with Crippen LogP contribution in [0.15, 0.2) is 47.4 Å². The van der Waals surface area contributed by atoms with E-state index in [0.29, 0.717) is 37.1 Å². The molecule has 2 aromatic carbocycles. The molecule has 0 unspecified atom stereocenters. The molecule has 3 rings (SSSR count). The molecule has 0 aliphatic heterocycles. The van der Waals surface area contributed by atoms with Gasteiger partial charge in [-0.2, -0.15) is 4.31 Å². The molecule has 1 heterocycles. The van der Waals surface area contributed by atoms with Crippen LogP contribution in [0.2, 0.25) is 0 Å². The van der Waals surface area contributed by atoms with Gasteiger partial charge < -0.3 is 15.2 Å². The molecule has 0 aliphatic rings. The monoisotopic (exact) mass is 514 g/mol. The third-order valence-corrected chi connectivity index (χ3v) is 7.33. The van der Waals surface area contributed by atoms with Crippen molar-refractivity contribution in [2.45, 2.75) is 18.2 Å². The second-order valence-electron chi connectivity index (χ2n) is 7.82. The number of halogens is 2. The Kier molecular flexibility index (Phi) is 10.3. The van der Waals surface area contributed by atoms with E-state index >= 15 is 0 Å². The lowest BCUT2D eigenvalue weighted by Gasteiger charge is -2.22. The largest absolute Gasteiger partial charge is 0.384 e. The van der Waals surface area contributed by atoms with Crippen LogP contribution in [0.1, 0.15) is 23.9 Å². The molecule has 1 aromatic heterocycles. The van der Waals surface area contributed by atoms with E-state index in [-0.39, 0.29) is 35.5 Å². The number of likely N-dealkylation sites (N-methyl/N-ethyl adjacent to an activating group) is 2. The van der Waals surface area contributed by atoms with Crippen molar-refractivity contribution in [1.82, 2.24) is 18.8 Å². The third-order valence-electron chi connectivity index (χ3n) is 5.36. The molecule has 0 saturated carbocycles. The summed E-state index contributed by atoms with van der Waals surface area (Å²) in [6.45, 7) is 3.36. The first-order valence-corrected chi connectivity index (χ1v) is 11.6. The standard InChI is InChI=1S/C22H30N6O2S.2ClH/c1-5-28(13-12-26(2)3)31(29,30)18-10-11-20-19(15-18)25-21(27(20)4)14-16-6-8-17(9-7-16)22(23)24;;/h6-11,15H,5,12-14H2,1-4H3,(H3,23,24);2*1H. The van der Waals surface area contributed by atoms with Gasteiger partial charge in [0.25, 0.3) is 0 Å². The molecule has 33 heavy (non-hydrogen) atoms. The van der Waals surface area contributed by atoms with Crippen LogP contribution in [0.4, 0.5) is 0 Å². The van der Waals surface area contributed by atoms with Crippen molar-refractivity contribution in [3.63, 3.8) is 0 Å². The summed E-state index contributed by atoms with van der Waals surface area (Å²) in [7, 11) is 2.19. The maximum atomic E-state index is 13.1. The van der Waals surface area contributed by atoms with Crippen molar-refractivity contribution >= 4 is 51.7 Å². The van der Waals surface area contributed by atoms with E-state index in [1.165, 1.54) is 4.31 Å². The van der Waals surface area contributed by atoms with Crippen LogP contribution in [0.3, 0.4) is 0 Å². The van der Waals surface area contributed by atoms with Gasteiger partial charge in [0.2, 0.25) is 10.0 Å². The van der Waals surface area contributed by atoms with Gasteiger partial charge >= 0.3 is 0 Å². The highest BCUT2D eigenvalue weighted by molar-refractivity contribution is 7.89. The van der Waals surface area contributed by atoms with E-state index in [4.69, 9.17) is 16.1 Å². The van der Waals surface area contributed by atoms with Gasteiger partial charge in [0.1, 0.15) is 11.7 Å². The highest BCUT2D eigenvalue weighted by Crippen LogP contribution is 2.23. The zero-order valence-corrected chi connectivity index (χ0v) is 21.7. The fourth-order valence-electron chi connectivity index (χ4n) is 3.44. The highest BCUT2D eigenvalue weighted by Gasteiger charge is 2.24. The van der Waals surface area contributed by atoms with E-state index in [9.17, 15) is 8.42 Å². The molecule has 3 N–H and O–H groups in total. The molecule has 3 aromatic rings. The predicted molar refractivity (Wildman–Crippen MR) is 138 cm³/mol. The molecule has 0 aliphatic carbocycles. The first kappa shape index (κ1) is 28.9. The van der Waals surface area contributed by atoms with E-state index in [1.807, 2.05) is 67.9 Å². The zero-order chi connectivity index (χ0) is 22.8. The lowest BCUT2D eigenvalue weighted by Crippen LogP contribution is -2.36. The molecule has 182 valence electrons. The van der Waals surface area contributed by atoms with Gasteiger partial charge in [-0.25, -0.2) is 13.4 Å². The number of benzene rings is 2. The van der Waals surface area contributed by atoms with Gasteiger partial charge in [-0.3, -0.25) is 5.41 Å². The topological polar surface area (TPSA) is 108 Å². The van der Waals surface area contributed by atoms with E-state index in [2.05, 4.69) is 0 Å². The quantitative estimate of drug-likeness (QED) is 0.337. The number of rotatable bonds is 9. The summed E-state index contributed by atoms with van der Waals surface area (Å²) in [6, 6.07) is 12.6. The van der Waals surface area contributed by atoms with Crippen LogP contribution < -0.4 is 5.73 Å². The Morgan fingerprint density at radius 2 is 1.73 bits per heavy atom. The van der Waals surface area contributed by atoms with Crippen molar-refractivity contribution in [3.8, 4) is 0 Å². The number of nitrogens with two attached hydrogens (primary N) is 1. The number of aromatic nitrogens is 2. The maximum Gasteiger partial charge on any atom is 0.243 e. The first-order chi connectivity index (χ1) is 14.6. The average molecular weight is 516 g/mol. The molecule has 8 nitrogen and oxygen atoms in total. The van der Waals surface area contributed by atoms with Crippen LogP contribution in [0, 0.1) is 5.41 Å². The molecule has 0 radical (unpaired) electrons. The van der Waals surface area contributed by atoms with Crippen LogP contribution in [0.5, 0.6) is 0 Å². The predicted octanol–water partition coefficient (Wildman–Crippen LogP) is 2.86. The van der Waals surface area contributed by atoms with Crippen molar-refractivity contribution in [2.24, 2.45) is 12.8 Å². The van der Waals surface area contributed by atoms with Gasteiger partial charge in [-0.1, -0.05) is 31.2 Å². The lowest BCUT2D eigenvalue weighted by molar-refractivity contribution is 0.340. The summed E-state index contributed by atoms with van der Waals surface area (Å²) in [6.07, 6.45) is 0.593. The molecule has 0 atom stereocenters. The van der Waals surface area contributed by atoms with Gasteiger partial charge in [0.15, 0.2) is 0 Å². The number of fused-ring (bicyclic) bond motifs is 1. The van der Waals surface area contributed by atoms with Crippen molar-refractivity contribution in [3.05, 3.63) is 59.4 Å². The van der Waals surface area contributed by atoms with E-state index in [0.717, 1.165) is 16.9 Å². The van der Waals surface area contributed by atoms with Crippen LogP contribution >= 0.6 is 24.8 Å². The first-order valence-electron chi connectivity index (χ1n) is 10.2. The summed E-state index contributed by atoms with van der Waals surface area (Å²) in [5.41, 5.74) is 8.77. The number of hydrogen-bond donors (Lipinski definition) is 2. The molecule has 0 fully saturated rings. The minimum atomic E-state index is -3.59. The Bertz CT molecular complexity index is 1190. The number of aryl methyl sites for hydroxylation is 1. The minimum Gasteiger partial charge on any atom is -0.384 e. The Labute approximate surface area is 208 Å². The maximum absolute atomic E-state index is 13.1. The summed E-state index contributed by atoms with van der Waals surface area (Å²) >= 11 is 0. The summed E-state index contributed by atoms with van der Waals surface area (Å²) in [5, 5.41) is 7.50. The number of nitrogens with zero attached hydrogens (tertiary/aromatic N) is 4. The Balaban J connectivity index is 0.00000272. The van der Waals surface area contributed by atoms with Crippen LogP contribution in [0.25, 0.3) is 11.0 Å². The SMILES string of the molecule is CCN(CCN(C)C)S(=O)(=O)c1ccc2c(c1)nc(Cc1ccc(C(=N)N)cc1)n2C.Cl.Cl. The lowest BCUT2D eigenvalue weighted by atomic mass is 10.1. The summed E-state index contributed by atoms with van der Waals surface area (Å²) < 4.78 is 29.7. The number of nitrogens with one attached hydrogen (secondary N) is 1. The van der Waals surface area contributed by atoms with Crippen LogP contribution in [-0.4, -0.2) is 66.7 Å². The highest BCUT2D eigenvalue weighted by atomic mass is 35.5. The number of hydrogen-bond acceptors (Lipinski definition) is 5. The van der Waals surface area contributed by atoms with Crippen molar-refractivity contribution in [1.29, 1.82) is 5.41 Å². The van der Waals surface area contributed by atoms with Crippen LogP contribution in [-0.2, 0) is 23.5 Å². The van der Waals surface area contributed by atoms with E-state index < -0.39 is 10.0 Å². The Morgan fingerprint density at radius 3 is 2.27 bits per heavy atom. The number of amidine groups is 1. The molecule has 0 saturated heterocycles. The molecular formula is C22H32Cl2N6O2S. The Hall–Kier alpha value is -2.17. The van der Waals surface area contributed by atoms with Crippen molar-refractivity contribution < 1.29 is 8.42 Å². The second kappa shape index (κ2) is 11.8. The normalized spacial score (nSPS) is 11.5.